The van der Waals surface area contributed by atoms with Gasteiger partial charge in [-0.3, -0.25) is 4.79 Å². The van der Waals surface area contributed by atoms with Crippen LogP contribution in [0.5, 0.6) is 0 Å². The highest BCUT2D eigenvalue weighted by Crippen LogP contribution is 2.31. The van der Waals surface area contributed by atoms with Crippen LogP contribution in [0.25, 0.3) is 0 Å². The maximum Gasteiger partial charge on any atom is 0.251 e. The van der Waals surface area contributed by atoms with Crippen LogP contribution in [-0.2, 0) is 10.0 Å². The summed E-state index contributed by atoms with van der Waals surface area (Å²) in [4.78, 5) is 12.0. The van der Waals surface area contributed by atoms with Crippen molar-refractivity contribution in [2.45, 2.75) is 31.1 Å². The Morgan fingerprint density at radius 3 is 2.65 bits per heavy atom. The summed E-state index contributed by atoms with van der Waals surface area (Å²) in [6.45, 7) is 2.34. The van der Waals surface area contributed by atoms with Gasteiger partial charge in [0.15, 0.2) is 0 Å². The molecule has 1 aromatic carbocycles. The average molecular weight is 361 g/mol. The molecule has 1 fully saturated rings. The van der Waals surface area contributed by atoms with Gasteiger partial charge in [-0.2, -0.15) is 0 Å². The third kappa shape index (κ3) is 3.80. The van der Waals surface area contributed by atoms with E-state index in [-0.39, 0.29) is 10.8 Å². The maximum absolute atomic E-state index is 12.0. The molecule has 0 aromatic heterocycles. The molecular weight excluding hydrogens is 344 g/mol. The summed E-state index contributed by atoms with van der Waals surface area (Å²) in [6, 6.07) is 2.95. The van der Waals surface area contributed by atoms with E-state index in [4.69, 9.17) is 5.14 Å². The largest absolute Gasteiger partial charge is 0.352 e. The minimum Gasteiger partial charge on any atom is -0.352 e. The van der Waals surface area contributed by atoms with Crippen LogP contribution in [0.4, 0.5) is 0 Å². The Morgan fingerprint density at radius 1 is 1.45 bits per heavy atom. The lowest BCUT2D eigenvalue weighted by atomic mass is 10.1. The van der Waals surface area contributed by atoms with E-state index in [1.807, 2.05) is 0 Å². The molecule has 1 aromatic rings. The minimum atomic E-state index is -3.86. The fourth-order valence-corrected chi connectivity index (χ4v) is 3.58. The molecular formula is C13H17BrN2O3S. The Hall–Kier alpha value is -0.920. The van der Waals surface area contributed by atoms with Crippen molar-refractivity contribution in [3.63, 3.8) is 0 Å². The zero-order valence-corrected chi connectivity index (χ0v) is 13.6. The lowest BCUT2D eigenvalue weighted by Crippen LogP contribution is -2.25. The quantitative estimate of drug-likeness (QED) is 0.840. The number of sulfonamides is 1. The van der Waals surface area contributed by atoms with Crippen molar-refractivity contribution in [1.82, 2.24) is 5.32 Å². The molecule has 0 radical (unpaired) electrons. The second-order valence-electron chi connectivity index (χ2n) is 5.14. The van der Waals surface area contributed by atoms with Gasteiger partial charge >= 0.3 is 0 Å². The van der Waals surface area contributed by atoms with E-state index < -0.39 is 10.0 Å². The number of aryl methyl sites for hydroxylation is 1. The number of nitrogens with one attached hydrogen (secondary N) is 1. The number of hydrogen-bond acceptors (Lipinski definition) is 3. The molecule has 0 heterocycles. The van der Waals surface area contributed by atoms with Gasteiger partial charge in [-0.05, 0) is 52.9 Å². The van der Waals surface area contributed by atoms with Gasteiger partial charge in [0.2, 0.25) is 10.0 Å². The normalized spacial score (nSPS) is 15.2. The van der Waals surface area contributed by atoms with Gasteiger partial charge in [0.25, 0.3) is 5.91 Å². The Kier molecular flexibility index (Phi) is 4.51. The van der Waals surface area contributed by atoms with Gasteiger partial charge in [-0.25, -0.2) is 13.6 Å². The van der Waals surface area contributed by atoms with E-state index >= 15 is 0 Å². The Labute approximate surface area is 127 Å². The van der Waals surface area contributed by atoms with E-state index in [1.54, 1.807) is 13.0 Å². The lowest BCUT2D eigenvalue weighted by Gasteiger charge is -2.10. The van der Waals surface area contributed by atoms with Crippen LogP contribution in [0.2, 0.25) is 0 Å². The molecule has 0 bridgehead atoms. The molecule has 5 nitrogen and oxygen atoms in total. The second-order valence-corrected chi connectivity index (χ2v) is 7.46. The standard InChI is InChI=1S/C13H17BrN2O3S/c1-8-6-10(7-11(12(8)14)20(15,18)19)13(17)16-5-4-9-2-3-9/h6-7,9H,2-5H2,1H3,(H,16,17)(H2,15,18,19). The van der Waals surface area contributed by atoms with Gasteiger partial charge in [0.05, 0.1) is 4.90 Å². The van der Waals surface area contributed by atoms with Gasteiger partial charge in [0.1, 0.15) is 0 Å². The summed E-state index contributed by atoms with van der Waals surface area (Å²) in [5.74, 6) is 0.466. The molecule has 0 aliphatic heterocycles. The fourth-order valence-electron chi connectivity index (χ4n) is 1.97. The highest BCUT2D eigenvalue weighted by molar-refractivity contribution is 9.10. The zero-order chi connectivity index (χ0) is 14.9. The van der Waals surface area contributed by atoms with E-state index in [1.165, 1.54) is 18.9 Å². The van der Waals surface area contributed by atoms with E-state index in [9.17, 15) is 13.2 Å². The van der Waals surface area contributed by atoms with Gasteiger partial charge in [0, 0.05) is 16.6 Å². The van der Waals surface area contributed by atoms with Gasteiger partial charge in [-0.15, -0.1) is 0 Å². The van der Waals surface area contributed by atoms with Crippen LogP contribution in [-0.4, -0.2) is 20.9 Å². The van der Waals surface area contributed by atoms with Crippen LogP contribution in [0, 0.1) is 12.8 Å². The lowest BCUT2D eigenvalue weighted by molar-refractivity contribution is 0.0952. The van der Waals surface area contributed by atoms with E-state index in [0.717, 1.165) is 12.3 Å². The van der Waals surface area contributed by atoms with E-state index in [2.05, 4.69) is 21.2 Å². The van der Waals surface area contributed by atoms with Crippen molar-refractivity contribution in [3.05, 3.63) is 27.7 Å². The minimum absolute atomic E-state index is 0.0650. The summed E-state index contributed by atoms with van der Waals surface area (Å²) >= 11 is 3.19. The zero-order valence-electron chi connectivity index (χ0n) is 11.1. The van der Waals surface area contributed by atoms with Crippen LogP contribution in [0.3, 0.4) is 0 Å². The predicted molar refractivity (Wildman–Crippen MR) is 79.9 cm³/mol. The first kappa shape index (κ1) is 15.5. The molecule has 20 heavy (non-hydrogen) atoms. The number of benzene rings is 1. The maximum atomic E-state index is 12.0. The van der Waals surface area contributed by atoms with Crippen molar-refractivity contribution in [2.75, 3.05) is 6.54 Å². The smallest absolute Gasteiger partial charge is 0.251 e. The van der Waals surface area contributed by atoms with Crippen molar-refractivity contribution in [3.8, 4) is 0 Å². The number of hydrogen-bond donors (Lipinski definition) is 2. The monoisotopic (exact) mass is 360 g/mol. The molecule has 110 valence electrons. The molecule has 1 aliphatic rings. The first-order valence-corrected chi connectivity index (χ1v) is 8.74. The third-order valence-corrected chi connectivity index (χ3v) is 5.57. The van der Waals surface area contributed by atoms with Crippen LogP contribution in [0.1, 0.15) is 35.2 Å². The van der Waals surface area contributed by atoms with Crippen LogP contribution >= 0.6 is 15.9 Å². The molecule has 1 aliphatic carbocycles. The Bertz CT molecular complexity index is 639. The summed E-state index contributed by atoms with van der Waals surface area (Å²) in [5.41, 5.74) is 0.967. The summed E-state index contributed by atoms with van der Waals surface area (Å²) < 4.78 is 23.4. The molecule has 1 amide bonds. The molecule has 2 rings (SSSR count). The number of primary sulfonamides is 1. The van der Waals surface area contributed by atoms with Crippen molar-refractivity contribution in [1.29, 1.82) is 0 Å². The fraction of sp³-hybridized carbons (Fsp3) is 0.462. The Morgan fingerprint density at radius 2 is 2.10 bits per heavy atom. The topological polar surface area (TPSA) is 89.3 Å². The van der Waals surface area contributed by atoms with Gasteiger partial charge in [-0.1, -0.05) is 12.8 Å². The molecule has 7 heteroatoms. The van der Waals surface area contributed by atoms with Crippen LogP contribution < -0.4 is 10.5 Å². The summed E-state index contributed by atoms with van der Waals surface area (Å²) in [6.07, 6.45) is 3.45. The molecule has 0 spiro atoms. The molecule has 0 unspecified atom stereocenters. The molecule has 0 saturated heterocycles. The van der Waals surface area contributed by atoms with Gasteiger partial charge < -0.3 is 5.32 Å². The second kappa shape index (κ2) is 5.83. The van der Waals surface area contributed by atoms with Crippen molar-refractivity contribution in [2.24, 2.45) is 11.1 Å². The number of carbonyl (C=O) groups is 1. The predicted octanol–water partition coefficient (Wildman–Crippen LogP) is 1.93. The first-order chi connectivity index (χ1) is 9.29. The van der Waals surface area contributed by atoms with Crippen molar-refractivity contribution < 1.29 is 13.2 Å². The number of rotatable bonds is 5. The van der Waals surface area contributed by atoms with Crippen LogP contribution in [0.15, 0.2) is 21.5 Å². The number of amides is 1. The number of carbonyl (C=O) groups excluding carboxylic acids is 1. The highest BCUT2D eigenvalue weighted by Gasteiger charge is 2.21. The molecule has 3 N–H and O–H groups in total. The first-order valence-electron chi connectivity index (χ1n) is 6.40. The summed E-state index contributed by atoms with van der Waals surface area (Å²) in [7, 11) is -3.86. The van der Waals surface area contributed by atoms with E-state index in [0.29, 0.717) is 22.1 Å². The van der Waals surface area contributed by atoms with Crippen molar-refractivity contribution >= 4 is 31.9 Å². The average Bonchev–Trinajstić information content (AvgIpc) is 3.14. The SMILES string of the molecule is Cc1cc(C(=O)NCCC2CC2)cc(S(N)(=O)=O)c1Br. The molecule has 1 saturated carbocycles. The summed E-state index contributed by atoms with van der Waals surface area (Å²) in [5, 5.41) is 7.96. The molecule has 0 atom stereocenters. The number of nitrogens with two attached hydrogens (primary N) is 1. The Balaban J connectivity index is 2.18. The number of halogens is 1. The third-order valence-electron chi connectivity index (χ3n) is 3.32. The highest BCUT2D eigenvalue weighted by atomic mass is 79.9.